The average Bonchev–Trinajstić information content (AvgIpc) is 3.21. The van der Waals surface area contributed by atoms with Crippen molar-refractivity contribution in [3.8, 4) is 0 Å². The van der Waals surface area contributed by atoms with E-state index in [1.807, 2.05) is 59.6 Å². The molecule has 4 nitrogen and oxygen atoms in total. The molecule has 1 atom stereocenters. The van der Waals surface area contributed by atoms with E-state index in [2.05, 4.69) is 35.3 Å². The van der Waals surface area contributed by atoms with Crippen LogP contribution in [0.4, 0.5) is 4.79 Å². The summed E-state index contributed by atoms with van der Waals surface area (Å²) in [5.74, 6) is 0. The molecule has 0 saturated heterocycles. The second kappa shape index (κ2) is 7.47. The molecule has 1 N–H and O–H groups in total. The van der Waals surface area contributed by atoms with Gasteiger partial charge in [0.05, 0.1) is 6.04 Å². The lowest BCUT2D eigenvalue weighted by Crippen LogP contribution is -2.40. The van der Waals surface area contributed by atoms with Crippen LogP contribution in [-0.2, 0) is 17.8 Å². The number of aromatic nitrogens is 1. The van der Waals surface area contributed by atoms with Gasteiger partial charge in [0.2, 0.25) is 0 Å². The van der Waals surface area contributed by atoms with Crippen LogP contribution in [0.15, 0.2) is 85.1 Å². The van der Waals surface area contributed by atoms with Crippen molar-refractivity contribution in [1.29, 1.82) is 0 Å². The van der Waals surface area contributed by atoms with E-state index in [4.69, 9.17) is 4.74 Å². The van der Waals surface area contributed by atoms with Gasteiger partial charge in [-0.2, -0.15) is 0 Å². The molecule has 0 bridgehead atoms. The minimum absolute atomic E-state index is 0.167. The number of aromatic amines is 1. The Morgan fingerprint density at radius 3 is 2.59 bits per heavy atom. The minimum Gasteiger partial charge on any atom is -0.445 e. The Hall–Kier alpha value is -3.53. The van der Waals surface area contributed by atoms with Crippen molar-refractivity contribution in [2.24, 2.45) is 0 Å². The molecule has 0 fully saturated rings. The zero-order chi connectivity index (χ0) is 19.6. The minimum atomic E-state index is -0.279. The van der Waals surface area contributed by atoms with Crippen molar-refractivity contribution in [2.45, 2.75) is 19.1 Å². The van der Waals surface area contributed by atoms with Crippen molar-refractivity contribution in [3.05, 3.63) is 107 Å². The van der Waals surface area contributed by atoms with E-state index in [9.17, 15) is 4.79 Å². The van der Waals surface area contributed by atoms with Gasteiger partial charge in [0.1, 0.15) is 6.61 Å². The molecule has 0 radical (unpaired) electrons. The molecule has 1 aliphatic heterocycles. The first-order valence-electron chi connectivity index (χ1n) is 9.92. The number of benzene rings is 3. The third kappa shape index (κ3) is 3.27. The van der Waals surface area contributed by atoms with Gasteiger partial charge in [-0.25, -0.2) is 4.79 Å². The fourth-order valence-corrected chi connectivity index (χ4v) is 4.22. The van der Waals surface area contributed by atoms with Crippen molar-refractivity contribution < 1.29 is 9.53 Å². The van der Waals surface area contributed by atoms with E-state index in [1.54, 1.807) is 0 Å². The van der Waals surface area contributed by atoms with Crippen LogP contribution in [0, 0.1) is 0 Å². The predicted molar refractivity (Wildman–Crippen MR) is 114 cm³/mol. The van der Waals surface area contributed by atoms with E-state index in [0.29, 0.717) is 6.54 Å². The fraction of sp³-hybridized carbons (Fsp3) is 0.160. The number of H-pyrrole nitrogens is 1. The largest absolute Gasteiger partial charge is 0.445 e. The maximum Gasteiger partial charge on any atom is 0.410 e. The molecule has 5 rings (SSSR count). The molecule has 3 aromatic carbocycles. The maximum atomic E-state index is 13.1. The number of hydrogen-bond donors (Lipinski definition) is 1. The molecule has 2 heterocycles. The summed E-state index contributed by atoms with van der Waals surface area (Å²) in [6.45, 7) is 0.910. The van der Waals surface area contributed by atoms with Gasteiger partial charge in [0.15, 0.2) is 0 Å². The summed E-state index contributed by atoms with van der Waals surface area (Å²) in [4.78, 5) is 18.3. The van der Waals surface area contributed by atoms with Crippen molar-refractivity contribution in [1.82, 2.24) is 9.88 Å². The first-order chi connectivity index (χ1) is 14.3. The maximum absolute atomic E-state index is 13.1. The number of carbonyl (C=O) groups excluding carboxylic acids is 1. The van der Waals surface area contributed by atoms with Gasteiger partial charge in [0.25, 0.3) is 0 Å². The van der Waals surface area contributed by atoms with Crippen LogP contribution in [0.2, 0.25) is 0 Å². The van der Waals surface area contributed by atoms with Crippen molar-refractivity contribution >= 4 is 17.0 Å². The number of nitrogens with one attached hydrogen (secondary N) is 1. The number of amides is 1. The highest BCUT2D eigenvalue weighted by Crippen LogP contribution is 2.38. The Labute approximate surface area is 169 Å². The summed E-state index contributed by atoms with van der Waals surface area (Å²) in [7, 11) is 0. The SMILES string of the molecule is O=C(OCc1ccccc1)N1CCc2ccccc2C1c1c[nH]c2ccccc12. The molecule has 1 aromatic heterocycles. The lowest BCUT2D eigenvalue weighted by atomic mass is 9.88. The quantitative estimate of drug-likeness (QED) is 0.512. The van der Waals surface area contributed by atoms with E-state index in [-0.39, 0.29) is 18.7 Å². The van der Waals surface area contributed by atoms with Crippen LogP contribution in [0.25, 0.3) is 10.9 Å². The van der Waals surface area contributed by atoms with Gasteiger partial charge in [-0.15, -0.1) is 0 Å². The molecule has 1 unspecified atom stereocenters. The Bertz CT molecular complexity index is 1150. The Morgan fingerprint density at radius 1 is 0.931 bits per heavy atom. The predicted octanol–water partition coefficient (Wildman–Crippen LogP) is 5.45. The number of hydrogen-bond acceptors (Lipinski definition) is 2. The van der Waals surface area contributed by atoms with Crippen LogP contribution >= 0.6 is 0 Å². The molecular formula is C25H22N2O2. The number of para-hydroxylation sites is 1. The van der Waals surface area contributed by atoms with Gasteiger partial charge in [0, 0.05) is 29.2 Å². The second-order valence-electron chi connectivity index (χ2n) is 7.37. The summed E-state index contributed by atoms with van der Waals surface area (Å²) in [6.07, 6.45) is 2.57. The van der Waals surface area contributed by atoms with Crippen molar-refractivity contribution in [2.75, 3.05) is 6.54 Å². The summed E-state index contributed by atoms with van der Waals surface area (Å²) < 4.78 is 5.70. The summed E-state index contributed by atoms with van der Waals surface area (Å²) in [5.41, 5.74) is 5.62. The number of nitrogens with zero attached hydrogens (tertiary/aromatic N) is 1. The molecule has 4 aromatic rings. The highest BCUT2D eigenvalue weighted by atomic mass is 16.6. The zero-order valence-electron chi connectivity index (χ0n) is 16.0. The average molecular weight is 382 g/mol. The van der Waals surface area contributed by atoms with E-state index >= 15 is 0 Å². The summed E-state index contributed by atoms with van der Waals surface area (Å²) in [6, 6.07) is 26.2. The fourth-order valence-electron chi connectivity index (χ4n) is 4.22. The summed E-state index contributed by atoms with van der Waals surface area (Å²) >= 11 is 0. The topological polar surface area (TPSA) is 45.3 Å². The van der Waals surface area contributed by atoms with Crippen LogP contribution in [0.3, 0.4) is 0 Å². The van der Waals surface area contributed by atoms with Crippen LogP contribution in [0.1, 0.15) is 28.3 Å². The molecule has 4 heteroatoms. The molecule has 29 heavy (non-hydrogen) atoms. The van der Waals surface area contributed by atoms with Gasteiger partial charge in [-0.05, 0) is 29.2 Å². The van der Waals surface area contributed by atoms with E-state index < -0.39 is 0 Å². The highest BCUT2D eigenvalue weighted by Gasteiger charge is 2.34. The number of carbonyl (C=O) groups is 1. The molecule has 0 aliphatic carbocycles. The van der Waals surface area contributed by atoms with Gasteiger partial charge >= 0.3 is 6.09 Å². The second-order valence-corrected chi connectivity index (χ2v) is 7.37. The third-order valence-corrected chi connectivity index (χ3v) is 5.64. The molecule has 1 amide bonds. The van der Waals surface area contributed by atoms with Gasteiger partial charge < -0.3 is 9.72 Å². The van der Waals surface area contributed by atoms with Crippen molar-refractivity contribution in [3.63, 3.8) is 0 Å². The van der Waals surface area contributed by atoms with E-state index in [0.717, 1.165) is 28.5 Å². The van der Waals surface area contributed by atoms with E-state index in [1.165, 1.54) is 11.1 Å². The molecule has 0 saturated carbocycles. The number of fused-ring (bicyclic) bond motifs is 2. The van der Waals surface area contributed by atoms with Crippen LogP contribution in [0.5, 0.6) is 0 Å². The summed E-state index contributed by atoms with van der Waals surface area (Å²) in [5, 5.41) is 1.13. The molecule has 144 valence electrons. The Balaban J connectivity index is 1.51. The first kappa shape index (κ1) is 17.6. The first-order valence-corrected chi connectivity index (χ1v) is 9.92. The number of ether oxygens (including phenoxy) is 1. The van der Waals surface area contributed by atoms with Crippen LogP contribution in [-0.4, -0.2) is 22.5 Å². The smallest absolute Gasteiger partial charge is 0.410 e. The van der Waals surface area contributed by atoms with Crippen LogP contribution < -0.4 is 0 Å². The molecule has 0 spiro atoms. The van der Waals surface area contributed by atoms with Gasteiger partial charge in [-0.1, -0.05) is 72.8 Å². The normalized spacial score (nSPS) is 15.9. The van der Waals surface area contributed by atoms with Gasteiger partial charge in [-0.3, -0.25) is 4.90 Å². The Morgan fingerprint density at radius 2 is 1.69 bits per heavy atom. The lowest BCUT2D eigenvalue weighted by Gasteiger charge is -2.36. The third-order valence-electron chi connectivity index (χ3n) is 5.64. The standard InChI is InChI=1S/C25H22N2O2/c28-25(29-17-18-8-2-1-3-9-18)27-15-14-19-10-4-5-11-20(19)24(27)22-16-26-23-13-7-6-12-21(22)23/h1-13,16,24,26H,14-15,17H2. The Kier molecular flexibility index (Phi) is 4.53. The monoisotopic (exact) mass is 382 g/mol. The molecular weight excluding hydrogens is 360 g/mol. The highest BCUT2D eigenvalue weighted by molar-refractivity contribution is 5.85. The molecule has 1 aliphatic rings. The lowest BCUT2D eigenvalue weighted by molar-refractivity contribution is 0.0839. The zero-order valence-corrected chi connectivity index (χ0v) is 16.0. The number of rotatable bonds is 3.